The summed E-state index contributed by atoms with van der Waals surface area (Å²) < 4.78 is 0. The molecule has 0 amide bonds. The molecule has 0 saturated carbocycles. The zero-order valence-electron chi connectivity index (χ0n) is 21.1. The standard InChI is InChI=1S/C34H31NS/c1-5-15-29-31(6-2)35(4)32-23-22-28(36-33-21-14-13-16-25(33)3)24-30(32)34(29,26-17-9-7-10-18-26)27-19-11-8-12-20-27/h5-24H,2H2,1,3-4H3/b15-5-. The molecule has 0 aliphatic carbocycles. The number of anilines is 1. The van der Waals surface area contributed by atoms with Crippen molar-refractivity contribution in [1.29, 1.82) is 0 Å². The Morgan fingerprint density at radius 1 is 0.806 bits per heavy atom. The number of hydrogen-bond acceptors (Lipinski definition) is 2. The summed E-state index contributed by atoms with van der Waals surface area (Å²) in [4.78, 5) is 4.79. The fourth-order valence-electron chi connectivity index (χ4n) is 5.41. The normalized spacial score (nSPS) is 14.7. The van der Waals surface area contributed by atoms with Gasteiger partial charge in [-0.05, 0) is 72.0 Å². The second-order valence-corrected chi connectivity index (χ2v) is 10.2. The molecule has 0 aromatic heterocycles. The van der Waals surface area contributed by atoms with Crippen LogP contribution in [0.5, 0.6) is 0 Å². The third-order valence-corrected chi connectivity index (χ3v) is 8.20. The van der Waals surface area contributed by atoms with Crippen LogP contribution >= 0.6 is 11.8 Å². The van der Waals surface area contributed by atoms with Gasteiger partial charge < -0.3 is 4.90 Å². The van der Waals surface area contributed by atoms with Gasteiger partial charge in [0.25, 0.3) is 0 Å². The van der Waals surface area contributed by atoms with Crippen LogP contribution in [-0.2, 0) is 5.41 Å². The first-order chi connectivity index (χ1) is 17.6. The van der Waals surface area contributed by atoms with Crippen molar-refractivity contribution in [2.24, 2.45) is 0 Å². The van der Waals surface area contributed by atoms with Crippen molar-refractivity contribution in [3.8, 4) is 0 Å². The molecule has 0 radical (unpaired) electrons. The van der Waals surface area contributed by atoms with E-state index in [-0.39, 0.29) is 0 Å². The molecule has 1 heterocycles. The lowest BCUT2D eigenvalue weighted by atomic mass is 9.62. The number of allylic oxidation sites excluding steroid dienone is 4. The molecule has 0 unspecified atom stereocenters. The summed E-state index contributed by atoms with van der Waals surface area (Å²) in [6, 6.07) is 37.3. The van der Waals surface area contributed by atoms with Gasteiger partial charge in [0.15, 0.2) is 0 Å². The van der Waals surface area contributed by atoms with E-state index in [4.69, 9.17) is 0 Å². The van der Waals surface area contributed by atoms with Crippen LogP contribution in [0, 0.1) is 6.92 Å². The maximum absolute atomic E-state index is 4.24. The molecule has 1 aliphatic rings. The monoisotopic (exact) mass is 485 g/mol. The fraction of sp³-hybridized carbons (Fsp3) is 0.118. The summed E-state index contributed by atoms with van der Waals surface area (Å²) >= 11 is 1.83. The Labute approximate surface area is 219 Å². The van der Waals surface area contributed by atoms with Crippen molar-refractivity contribution in [3.63, 3.8) is 0 Å². The molecule has 0 atom stereocenters. The van der Waals surface area contributed by atoms with Gasteiger partial charge in [-0.15, -0.1) is 0 Å². The van der Waals surface area contributed by atoms with Gasteiger partial charge in [-0.3, -0.25) is 0 Å². The van der Waals surface area contributed by atoms with E-state index in [0.29, 0.717) is 0 Å². The van der Waals surface area contributed by atoms with Crippen molar-refractivity contribution in [2.45, 2.75) is 29.1 Å². The average molecular weight is 486 g/mol. The first-order valence-electron chi connectivity index (χ1n) is 12.3. The SMILES string of the molecule is C=CC1=C(/C=C\C)C(c2ccccc2)(c2ccccc2)c2cc(Sc3ccccc3C)ccc2N1C. The summed E-state index contributed by atoms with van der Waals surface area (Å²) in [5.74, 6) is 0. The second-order valence-electron chi connectivity index (χ2n) is 9.09. The van der Waals surface area contributed by atoms with E-state index in [0.717, 1.165) is 5.70 Å². The maximum Gasteiger partial charge on any atom is 0.0742 e. The molecule has 4 aromatic rings. The van der Waals surface area contributed by atoms with Crippen molar-refractivity contribution in [2.75, 3.05) is 11.9 Å². The Kier molecular flexibility index (Phi) is 6.71. The summed E-state index contributed by atoms with van der Waals surface area (Å²) in [6.07, 6.45) is 6.40. The molecule has 0 fully saturated rings. The highest BCUT2D eigenvalue weighted by atomic mass is 32.2. The van der Waals surface area contributed by atoms with Crippen LogP contribution in [0.3, 0.4) is 0 Å². The number of likely N-dealkylation sites (N-methyl/N-ethyl adjacent to an activating group) is 1. The fourth-order valence-corrected chi connectivity index (χ4v) is 6.35. The average Bonchev–Trinajstić information content (AvgIpc) is 2.92. The number of benzene rings is 4. The molecule has 0 saturated heterocycles. The van der Waals surface area contributed by atoms with Crippen LogP contribution in [0.15, 0.2) is 149 Å². The zero-order chi connectivity index (χ0) is 25.1. The topological polar surface area (TPSA) is 3.24 Å². The van der Waals surface area contributed by atoms with E-state index in [1.54, 1.807) is 0 Å². The van der Waals surface area contributed by atoms with E-state index in [9.17, 15) is 0 Å². The molecule has 178 valence electrons. The Hall–Kier alpha value is -3.75. The van der Waals surface area contributed by atoms with Crippen molar-refractivity contribution < 1.29 is 0 Å². The van der Waals surface area contributed by atoms with E-state index < -0.39 is 5.41 Å². The van der Waals surface area contributed by atoms with Crippen molar-refractivity contribution >= 4 is 17.4 Å². The van der Waals surface area contributed by atoms with Crippen LogP contribution in [-0.4, -0.2) is 7.05 Å². The summed E-state index contributed by atoms with van der Waals surface area (Å²) in [6.45, 7) is 8.51. The van der Waals surface area contributed by atoms with Gasteiger partial charge in [-0.2, -0.15) is 0 Å². The quantitative estimate of drug-likeness (QED) is 0.268. The molecule has 1 aliphatic heterocycles. The van der Waals surface area contributed by atoms with Crippen molar-refractivity contribution in [1.82, 2.24) is 0 Å². The summed E-state index contributed by atoms with van der Waals surface area (Å²) in [5, 5.41) is 0. The van der Waals surface area contributed by atoms with Gasteiger partial charge in [-0.25, -0.2) is 0 Å². The molecule has 1 nitrogen and oxygen atoms in total. The third kappa shape index (κ3) is 3.92. The van der Waals surface area contributed by atoms with Gasteiger partial charge in [-0.1, -0.05) is 109 Å². The van der Waals surface area contributed by atoms with Gasteiger partial charge >= 0.3 is 0 Å². The zero-order valence-corrected chi connectivity index (χ0v) is 21.9. The number of aryl methyl sites for hydroxylation is 1. The number of rotatable bonds is 6. The Bertz CT molecular complexity index is 1410. The van der Waals surface area contributed by atoms with Crippen LogP contribution in [0.25, 0.3) is 0 Å². The van der Waals surface area contributed by atoms with Crippen LogP contribution in [0.4, 0.5) is 5.69 Å². The second kappa shape index (κ2) is 10.1. The van der Waals surface area contributed by atoms with Gasteiger partial charge in [0.1, 0.15) is 0 Å². The van der Waals surface area contributed by atoms with Gasteiger partial charge in [0.2, 0.25) is 0 Å². The highest BCUT2D eigenvalue weighted by Crippen LogP contribution is 2.54. The molecule has 0 bridgehead atoms. The van der Waals surface area contributed by atoms with Crippen LogP contribution in [0.1, 0.15) is 29.2 Å². The van der Waals surface area contributed by atoms with Crippen LogP contribution in [0.2, 0.25) is 0 Å². The van der Waals surface area contributed by atoms with Crippen LogP contribution < -0.4 is 4.90 Å². The minimum atomic E-state index is -0.483. The lowest BCUT2D eigenvalue weighted by Crippen LogP contribution is -2.39. The number of hydrogen-bond donors (Lipinski definition) is 0. The molecule has 36 heavy (non-hydrogen) atoms. The van der Waals surface area contributed by atoms with E-state index in [2.05, 4.69) is 148 Å². The summed E-state index contributed by atoms with van der Waals surface area (Å²) in [5.41, 5.74) is 8.12. The largest absolute Gasteiger partial charge is 0.344 e. The maximum atomic E-state index is 4.24. The lowest BCUT2D eigenvalue weighted by Gasteiger charge is -2.46. The minimum absolute atomic E-state index is 0.483. The Morgan fingerprint density at radius 2 is 1.42 bits per heavy atom. The third-order valence-electron chi connectivity index (χ3n) is 7.04. The van der Waals surface area contributed by atoms with E-state index in [1.807, 2.05) is 17.8 Å². The molecular formula is C34H31NS. The Balaban J connectivity index is 1.87. The summed E-state index contributed by atoms with van der Waals surface area (Å²) in [7, 11) is 2.15. The molecule has 0 spiro atoms. The predicted molar refractivity (Wildman–Crippen MR) is 155 cm³/mol. The molecule has 0 N–H and O–H groups in total. The smallest absolute Gasteiger partial charge is 0.0742 e. The predicted octanol–water partition coefficient (Wildman–Crippen LogP) is 8.95. The molecular weight excluding hydrogens is 454 g/mol. The number of fused-ring (bicyclic) bond motifs is 1. The van der Waals surface area contributed by atoms with Crippen molar-refractivity contribution in [3.05, 3.63) is 161 Å². The molecule has 2 heteroatoms. The molecule has 5 rings (SSSR count). The first-order valence-corrected chi connectivity index (χ1v) is 13.2. The highest BCUT2D eigenvalue weighted by molar-refractivity contribution is 7.99. The van der Waals surface area contributed by atoms with Gasteiger partial charge in [0, 0.05) is 28.2 Å². The van der Waals surface area contributed by atoms with E-state index in [1.165, 1.54) is 43.3 Å². The first kappa shape index (κ1) is 24.0. The number of nitrogens with zero attached hydrogens (tertiary/aromatic N) is 1. The lowest BCUT2D eigenvalue weighted by molar-refractivity contribution is 0.710. The van der Waals surface area contributed by atoms with Gasteiger partial charge in [0.05, 0.1) is 5.41 Å². The molecule has 4 aromatic carbocycles. The Morgan fingerprint density at radius 3 is 2.00 bits per heavy atom. The van der Waals surface area contributed by atoms with E-state index >= 15 is 0 Å². The minimum Gasteiger partial charge on any atom is -0.344 e. The highest BCUT2D eigenvalue weighted by Gasteiger charge is 2.45.